The second kappa shape index (κ2) is 12.2. The molecule has 0 saturated heterocycles. The van der Waals surface area contributed by atoms with Crippen molar-refractivity contribution >= 4 is 17.4 Å². The van der Waals surface area contributed by atoms with Gasteiger partial charge < -0.3 is 24.3 Å². The van der Waals surface area contributed by atoms with E-state index in [4.69, 9.17) is 18.9 Å². The van der Waals surface area contributed by atoms with Crippen LogP contribution in [-0.4, -0.2) is 43.1 Å². The fraction of sp³-hybridized carbons (Fsp3) is 0.222. The molecule has 1 aromatic heterocycles. The number of aromatic nitrogens is 2. The van der Waals surface area contributed by atoms with Gasteiger partial charge in [0, 0.05) is 30.1 Å². The van der Waals surface area contributed by atoms with Crippen molar-refractivity contribution in [2.75, 3.05) is 27.9 Å². The quantitative estimate of drug-likeness (QED) is 0.294. The number of amides is 1. The SMILES string of the molecule is COc1ccc(CCNC(=O)c2ccc(OC)c(Oc3nc(Cc4ccc(F)cc4)ns3)c2)cc1OC. The number of carbonyl (C=O) groups is 1. The normalized spacial score (nSPS) is 10.6. The smallest absolute Gasteiger partial charge is 0.298 e. The molecule has 0 aliphatic carbocycles. The molecular formula is C27H26FN3O5S. The lowest BCUT2D eigenvalue weighted by Gasteiger charge is -2.11. The highest BCUT2D eigenvalue weighted by molar-refractivity contribution is 7.07. The summed E-state index contributed by atoms with van der Waals surface area (Å²) in [5.41, 5.74) is 2.30. The van der Waals surface area contributed by atoms with Crippen molar-refractivity contribution in [3.05, 3.63) is 89.0 Å². The zero-order valence-corrected chi connectivity index (χ0v) is 21.4. The highest BCUT2D eigenvalue weighted by atomic mass is 32.1. The Labute approximate surface area is 218 Å². The zero-order valence-electron chi connectivity index (χ0n) is 20.6. The summed E-state index contributed by atoms with van der Waals surface area (Å²) >= 11 is 1.08. The summed E-state index contributed by atoms with van der Waals surface area (Å²) in [5.74, 6) is 2.10. The Hall–Kier alpha value is -4.18. The van der Waals surface area contributed by atoms with Gasteiger partial charge in [-0.2, -0.15) is 9.36 Å². The number of hydrogen-bond acceptors (Lipinski definition) is 8. The highest BCUT2D eigenvalue weighted by Crippen LogP contribution is 2.33. The van der Waals surface area contributed by atoms with E-state index in [1.54, 1.807) is 44.6 Å². The van der Waals surface area contributed by atoms with Gasteiger partial charge in [0.05, 0.1) is 21.3 Å². The number of nitrogens with zero attached hydrogens (tertiary/aromatic N) is 2. The molecule has 0 radical (unpaired) electrons. The van der Waals surface area contributed by atoms with Gasteiger partial charge in [-0.25, -0.2) is 4.39 Å². The predicted molar refractivity (Wildman–Crippen MR) is 138 cm³/mol. The fourth-order valence-corrected chi connectivity index (χ4v) is 4.15. The van der Waals surface area contributed by atoms with E-state index in [9.17, 15) is 9.18 Å². The van der Waals surface area contributed by atoms with E-state index in [1.807, 2.05) is 18.2 Å². The van der Waals surface area contributed by atoms with Gasteiger partial charge in [-0.3, -0.25) is 4.79 Å². The number of rotatable bonds is 11. The first kappa shape index (κ1) is 25.9. The fourth-order valence-electron chi connectivity index (χ4n) is 3.59. The van der Waals surface area contributed by atoms with Crippen LogP contribution < -0.4 is 24.3 Å². The van der Waals surface area contributed by atoms with Crippen molar-refractivity contribution in [3.63, 3.8) is 0 Å². The molecule has 4 aromatic rings. The van der Waals surface area contributed by atoms with Crippen molar-refractivity contribution in [1.82, 2.24) is 14.7 Å². The van der Waals surface area contributed by atoms with Gasteiger partial charge in [-0.05, 0) is 60.0 Å². The maximum Gasteiger partial charge on any atom is 0.298 e. The number of nitrogens with one attached hydrogen (secondary N) is 1. The lowest BCUT2D eigenvalue weighted by Crippen LogP contribution is -2.25. The third-order valence-electron chi connectivity index (χ3n) is 5.50. The van der Waals surface area contributed by atoms with Gasteiger partial charge in [0.1, 0.15) is 5.82 Å². The standard InChI is InChI=1S/C27H26FN3O5S/c1-33-21-10-6-18(14-23(21)35-3)12-13-29-26(32)19-7-11-22(34-2)24(16-19)36-27-30-25(31-37-27)15-17-4-8-20(28)9-5-17/h4-11,14,16H,12-13,15H2,1-3H3,(H,29,32). The Bertz CT molecular complexity index is 1360. The van der Waals surface area contributed by atoms with Crippen molar-refractivity contribution in [2.24, 2.45) is 0 Å². The Kier molecular flexibility index (Phi) is 8.52. The molecule has 0 aliphatic rings. The third-order valence-corrected chi connectivity index (χ3v) is 6.13. The van der Waals surface area contributed by atoms with Crippen LogP contribution in [-0.2, 0) is 12.8 Å². The molecule has 192 valence electrons. The molecule has 4 rings (SSSR count). The Balaban J connectivity index is 1.39. The summed E-state index contributed by atoms with van der Waals surface area (Å²) in [6, 6.07) is 16.8. The first-order valence-corrected chi connectivity index (χ1v) is 12.2. The predicted octanol–water partition coefficient (Wildman–Crippen LogP) is 5.06. The van der Waals surface area contributed by atoms with Crippen LogP contribution in [0.15, 0.2) is 60.7 Å². The van der Waals surface area contributed by atoms with Crippen molar-refractivity contribution in [2.45, 2.75) is 12.8 Å². The molecule has 10 heteroatoms. The molecule has 1 N–H and O–H groups in total. The Morgan fingerprint density at radius 2 is 1.54 bits per heavy atom. The Morgan fingerprint density at radius 3 is 2.27 bits per heavy atom. The van der Waals surface area contributed by atoms with Gasteiger partial charge in [0.25, 0.3) is 11.1 Å². The van der Waals surface area contributed by atoms with E-state index in [2.05, 4.69) is 14.7 Å². The summed E-state index contributed by atoms with van der Waals surface area (Å²) < 4.78 is 39.3. The summed E-state index contributed by atoms with van der Waals surface area (Å²) in [7, 11) is 4.69. The van der Waals surface area contributed by atoms with Crippen LogP contribution in [0.3, 0.4) is 0 Å². The topological polar surface area (TPSA) is 91.8 Å². The lowest BCUT2D eigenvalue weighted by molar-refractivity contribution is 0.0953. The maximum absolute atomic E-state index is 13.1. The summed E-state index contributed by atoms with van der Waals surface area (Å²) in [6.45, 7) is 0.430. The largest absolute Gasteiger partial charge is 0.493 e. The second-order valence-corrected chi connectivity index (χ2v) is 8.66. The van der Waals surface area contributed by atoms with Crippen molar-refractivity contribution in [3.8, 4) is 28.2 Å². The number of benzene rings is 3. The van der Waals surface area contributed by atoms with Gasteiger partial charge >= 0.3 is 0 Å². The number of ether oxygens (including phenoxy) is 4. The number of hydrogen-bond donors (Lipinski definition) is 1. The van der Waals surface area contributed by atoms with Crippen LogP contribution >= 0.6 is 11.5 Å². The minimum Gasteiger partial charge on any atom is -0.493 e. The van der Waals surface area contributed by atoms with Crippen molar-refractivity contribution < 1.29 is 28.1 Å². The number of carbonyl (C=O) groups excluding carboxylic acids is 1. The molecular weight excluding hydrogens is 497 g/mol. The highest BCUT2D eigenvalue weighted by Gasteiger charge is 2.15. The van der Waals surface area contributed by atoms with Crippen LogP contribution in [0.25, 0.3) is 0 Å². The number of halogens is 1. The summed E-state index contributed by atoms with van der Waals surface area (Å²) in [4.78, 5) is 17.2. The van der Waals surface area contributed by atoms with Gasteiger partial charge in [-0.1, -0.05) is 18.2 Å². The van der Waals surface area contributed by atoms with E-state index >= 15 is 0 Å². The first-order chi connectivity index (χ1) is 18.0. The Morgan fingerprint density at radius 1 is 0.865 bits per heavy atom. The van der Waals surface area contributed by atoms with E-state index in [0.717, 1.165) is 22.7 Å². The van der Waals surface area contributed by atoms with Gasteiger partial charge in [-0.15, -0.1) is 0 Å². The average Bonchev–Trinajstić information content (AvgIpc) is 3.36. The molecule has 0 saturated carbocycles. The van der Waals surface area contributed by atoms with Gasteiger partial charge in [0.15, 0.2) is 28.8 Å². The molecule has 8 nitrogen and oxygen atoms in total. The lowest BCUT2D eigenvalue weighted by atomic mass is 10.1. The molecule has 0 spiro atoms. The van der Waals surface area contributed by atoms with E-state index < -0.39 is 0 Å². The van der Waals surface area contributed by atoms with Crippen LogP contribution in [0.4, 0.5) is 4.39 Å². The molecule has 0 aliphatic heterocycles. The minimum absolute atomic E-state index is 0.248. The molecule has 0 unspecified atom stereocenters. The van der Waals surface area contributed by atoms with Crippen LogP contribution in [0, 0.1) is 5.82 Å². The van der Waals surface area contributed by atoms with E-state index in [0.29, 0.717) is 59.0 Å². The molecule has 0 fully saturated rings. The monoisotopic (exact) mass is 523 g/mol. The molecule has 0 bridgehead atoms. The molecule has 3 aromatic carbocycles. The average molecular weight is 524 g/mol. The van der Waals surface area contributed by atoms with E-state index in [1.165, 1.54) is 19.2 Å². The van der Waals surface area contributed by atoms with Crippen LogP contribution in [0.1, 0.15) is 27.3 Å². The van der Waals surface area contributed by atoms with Crippen molar-refractivity contribution in [1.29, 1.82) is 0 Å². The summed E-state index contributed by atoms with van der Waals surface area (Å²) in [6.07, 6.45) is 1.06. The molecule has 1 heterocycles. The number of methoxy groups -OCH3 is 3. The molecule has 1 amide bonds. The van der Waals surface area contributed by atoms with E-state index in [-0.39, 0.29) is 11.7 Å². The summed E-state index contributed by atoms with van der Waals surface area (Å²) in [5, 5.41) is 3.22. The molecule has 37 heavy (non-hydrogen) atoms. The van der Waals surface area contributed by atoms with Gasteiger partial charge in [0.2, 0.25) is 0 Å². The van der Waals surface area contributed by atoms with Crippen LogP contribution in [0.2, 0.25) is 0 Å². The maximum atomic E-state index is 13.1. The molecule has 0 atom stereocenters. The minimum atomic E-state index is -0.295. The first-order valence-electron chi connectivity index (χ1n) is 11.4. The second-order valence-electron chi connectivity index (χ2n) is 7.94. The third kappa shape index (κ3) is 6.73. The zero-order chi connectivity index (χ0) is 26.2. The van der Waals surface area contributed by atoms with Crippen LogP contribution in [0.5, 0.6) is 28.2 Å².